The fourth-order valence-corrected chi connectivity index (χ4v) is 2.01. The number of carbonyl (C=O) groups excluding carboxylic acids is 1. The minimum absolute atomic E-state index is 0.0606. The van der Waals surface area contributed by atoms with Gasteiger partial charge in [0, 0.05) is 19.4 Å². The molecule has 0 fully saturated rings. The van der Waals surface area contributed by atoms with Crippen molar-refractivity contribution in [2.75, 3.05) is 0 Å². The number of nitrogens with one attached hydrogen (secondary N) is 1. The van der Waals surface area contributed by atoms with Crippen molar-refractivity contribution in [3.8, 4) is 6.07 Å². The molecule has 0 saturated carbocycles. The first-order valence-electron chi connectivity index (χ1n) is 6.17. The Labute approximate surface area is 109 Å². The van der Waals surface area contributed by atoms with E-state index in [1.54, 1.807) is 0 Å². The molecular weight excluding hydrogens is 224 g/mol. The van der Waals surface area contributed by atoms with Crippen LogP contribution in [0, 0.1) is 39.0 Å². The zero-order chi connectivity index (χ0) is 13.7. The molecule has 0 bridgehead atoms. The lowest BCUT2D eigenvalue weighted by Crippen LogP contribution is -2.23. The molecule has 0 saturated heterocycles. The molecule has 1 aromatic rings. The van der Waals surface area contributed by atoms with Gasteiger partial charge in [0.2, 0.25) is 5.91 Å². The lowest BCUT2D eigenvalue weighted by atomic mass is 9.94. The number of hydrogen-bond donors (Lipinski definition) is 1. The largest absolute Gasteiger partial charge is 0.352 e. The first-order valence-corrected chi connectivity index (χ1v) is 6.17. The Morgan fingerprint density at radius 2 is 1.78 bits per heavy atom. The van der Waals surface area contributed by atoms with Gasteiger partial charge in [0.25, 0.3) is 0 Å². The third-order valence-corrected chi connectivity index (χ3v) is 3.45. The van der Waals surface area contributed by atoms with E-state index in [-0.39, 0.29) is 18.7 Å². The molecule has 0 radical (unpaired) electrons. The maximum absolute atomic E-state index is 11.5. The molecule has 1 N–H and O–H groups in total. The second-order valence-corrected chi connectivity index (χ2v) is 4.67. The van der Waals surface area contributed by atoms with Gasteiger partial charge in [0.1, 0.15) is 0 Å². The van der Waals surface area contributed by atoms with E-state index in [9.17, 15) is 4.79 Å². The van der Waals surface area contributed by atoms with Gasteiger partial charge < -0.3 is 5.32 Å². The van der Waals surface area contributed by atoms with Crippen LogP contribution in [0.1, 0.15) is 40.7 Å². The van der Waals surface area contributed by atoms with Crippen LogP contribution in [0.3, 0.4) is 0 Å². The normalized spacial score (nSPS) is 9.94. The topological polar surface area (TPSA) is 52.9 Å². The second-order valence-electron chi connectivity index (χ2n) is 4.67. The van der Waals surface area contributed by atoms with E-state index in [0.717, 1.165) is 0 Å². The Morgan fingerprint density at radius 3 is 2.28 bits per heavy atom. The lowest BCUT2D eigenvalue weighted by molar-refractivity contribution is -0.121. The number of hydrogen-bond acceptors (Lipinski definition) is 2. The molecule has 1 amide bonds. The van der Waals surface area contributed by atoms with Crippen molar-refractivity contribution in [1.29, 1.82) is 5.26 Å². The summed E-state index contributed by atoms with van der Waals surface area (Å²) in [7, 11) is 0. The standard InChI is InChI=1S/C15H20N2O/c1-10-8-11(2)13(4)14(12(10)3)9-17-15(18)6-5-7-16/h8H,5-6,9H2,1-4H3,(H,17,18). The number of amides is 1. The van der Waals surface area contributed by atoms with Crippen LogP contribution in [0.15, 0.2) is 6.07 Å². The van der Waals surface area contributed by atoms with Crippen molar-refractivity contribution in [2.45, 2.75) is 47.1 Å². The molecule has 0 unspecified atom stereocenters. The predicted molar refractivity (Wildman–Crippen MR) is 72.1 cm³/mol. The number of nitrogens with zero attached hydrogens (tertiary/aromatic N) is 1. The number of aryl methyl sites for hydroxylation is 2. The maximum Gasteiger partial charge on any atom is 0.221 e. The molecule has 0 aromatic heterocycles. The molecule has 1 rings (SSSR count). The van der Waals surface area contributed by atoms with Crippen molar-refractivity contribution in [3.63, 3.8) is 0 Å². The monoisotopic (exact) mass is 244 g/mol. The summed E-state index contributed by atoms with van der Waals surface area (Å²) in [4.78, 5) is 11.5. The van der Waals surface area contributed by atoms with Gasteiger partial charge in [-0.2, -0.15) is 5.26 Å². The third kappa shape index (κ3) is 3.33. The minimum atomic E-state index is -0.0606. The predicted octanol–water partition coefficient (Wildman–Crippen LogP) is 2.84. The van der Waals surface area contributed by atoms with Gasteiger partial charge in [-0.05, 0) is 55.5 Å². The lowest BCUT2D eigenvalue weighted by Gasteiger charge is -2.15. The van der Waals surface area contributed by atoms with Crippen LogP contribution >= 0.6 is 0 Å². The van der Waals surface area contributed by atoms with Gasteiger partial charge in [-0.25, -0.2) is 0 Å². The quantitative estimate of drug-likeness (QED) is 0.885. The molecule has 0 heterocycles. The van der Waals surface area contributed by atoms with Crippen molar-refractivity contribution >= 4 is 5.91 Å². The van der Waals surface area contributed by atoms with Crippen molar-refractivity contribution in [1.82, 2.24) is 5.32 Å². The van der Waals surface area contributed by atoms with E-state index >= 15 is 0 Å². The average Bonchev–Trinajstić information content (AvgIpc) is 2.34. The van der Waals surface area contributed by atoms with Crippen molar-refractivity contribution in [3.05, 3.63) is 33.9 Å². The fourth-order valence-electron chi connectivity index (χ4n) is 2.01. The Bertz CT molecular complexity index is 472. The molecule has 3 heteroatoms. The highest BCUT2D eigenvalue weighted by molar-refractivity contribution is 5.76. The van der Waals surface area contributed by atoms with E-state index in [1.807, 2.05) is 6.07 Å². The van der Waals surface area contributed by atoms with E-state index in [0.29, 0.717) is 6.54 Å². The van der Waals surface area contributed by atoms with Crippen LogP contribution < -0.4 is 5.32 Å². The molecule has 1 aromatic carbocycles. The van der Waals surface area contributed by atoms with Gasteiger partial charge in [-0.1, -0.05) is 6.07 Å². The second kappa shape index (κ2) is 6.20. The summed E-state index contributed by atoms with van der Waals surface area (Å²) in [6, 6.07) is 4.15. The van der Waals surface area contributed by atoms with Crippen LogP contribution in [0.5, 0.6) is 0 Å². The first-order chi connectivity index (χ1) is 8.47. The van der Waals surface area contributed by atoms with Gasteiger partial charge in [0.05, 0.1) is 6.07 Å². The Balaban J connectivity index is 2.79. The van der Waals surface area contributed by atoms with Gasteiger partial charge >= 0.3 is 0 Å². The number of carbonyl (C=O) groups is 1. The Kier molecular flexibility index (Phi) is 4.91. The van der Waals surface area contributed by atoms with Crippen molar-refractivity contribution in [2.24, 2.45) is 0 Å². The molecule has 0 aliphatic carbocycles. The highest BCUT2D eigenvalue weighted by Crippen LogP contribution is 2.21. The van der Waals surface area contributed by atoms with Crippen LogP contribution in [0.25, 0.3) is 0 Å². The van der Waals surface area contributed by atoms with E-state index < -0.39 is 0 Å². The van der Waals surface area contributed by atoms with E-state index in [1.165, 1.54) is 27.8 Å². The number of rotatable bonds is 4. The molecular formula is C15H20N2O. The van der Waals surface area contributed by atoms with Gasteiger partial charge in [-0.3, -0.25) is 4.79 Å². The van der Waals surface area contributed by atoms with Crippen molar-refractivity contribution < 1.29 is 4.79 Å². The van der Waals surface area contributed by atoms with Crippen LogP contribution in [-0.2, 0) is 11.3 Å². The van der Waals surface area contributed by atoms with Gasteiger partial charge in [-0.15, -0.1) is 0 Å². The first kappa shape index (κ1) is 14.2. The molecule has 0 aliphatic heterocycles. The highest BCUT2D eigenvalue weighted by Gasteiger charge is 2.09. The SMILES string of the molecule is Cc1cc(C)c(C)c(CNC(=O)CCC#N)c1C. The summed E-state index contributed by atoms with van der Waals surface area (Å²) in [5, 5.41) is 11.3. The summed E-state index contributed by atoms with van der Waals surface area (Å²) in [5.74, 6) is -0.0606. The number of benzene rings is 1. The summed E-state index contributed by atoms with van der Waals surface area (Å²) < 4.78 is 0. The molecule has 18 heavy (non-hydrogen) atoms. The van der Waals surface area contributed by atoms with Crippen LogP contribution in [0.2, 0.25) is 0 Å². The molecule has 0 aliphatic rings. The summed E-state index contributed by atoms with van der Waals surface area (Å²) in [5.41, 5.74) is 6.16. The average molecular weight is 244 g/mol. The highest BCUT2D eigenvalue weighted by atomic mass is 16.1. The van der Waals surface area contributed by atoms with Gasteiger partial charge in [0.15, 0.2) is 0 Å². The third-order valence-electron chi connectivity index (χ3n) is 3.45. The zero-order valence-electron chi connectivity index (χ0n) is 11.6. The smallest absolute Gasteiger partial charge is 0.221 e. The molecule has 0 spiro atoms. The summed E-state index contributed by atoms with van der Waals surface area (Å²) in [6.45, 7) is 8.88. The minimum Gasteiger partial charge on any atom is -0.352 e. The molecule has 96 valence electrons. The Hall–Kier alpha value is -1.82. The number of nitriles is 1. The molecule has 0 atom stereocenters. The summed E-state index contributed by atoms with van der Waals surface area (Å²) in [6.07, 6.45) is 0.552. The zero-order valence-corrected chi connectivity index (χ0v) is 11.6. The van der Waals surface area contributed by atoms with Crippen LogP contribution in [0.4, 0.5) is 0 Å². The van der Waals surface area contributed by atoms with Crippen LogP contribution in [-0.4, -0.2) is 5.91 Å². The summed E-state index contributed by atoms with van der Waals surface area (Å²) >= 11 is 0. The maximum atomic E-state index is 11.5. The molecule has 3 nitrogen and oxygen atoms in total. The van der Waals surface area contributed by atoms with E-state index in [2.05, 4.69) is 39.1 Å². The Morgan fingerprint density at radius 1 is 1.22 bits per heavy atom. The van der Waals surface area contributed by atoms with E-state index in [4.69, 9.17) is 5.26 Å². The fraction of sp³-hybridized carbons (Fsp3) is 0.467.